The van der Waals surface area contributed by atoms with Gasteiger partial charge in [0, 0.05) is 38.2 Å². The van der Waals surface area contributed by atoms with Crippen molar-refractivity contribution < 1.29 is 23.0 Å². The first-order valence-corrected chi connectivity index (χ1v) is 14.0. The fraction of sp³-hybridized carbons (Fsp3) is 0.433. The lowest BCUT2D eigenvalue weighted by molar-refractivity contribution is -0.0365. The number of ether oxygens (including phenoxy) is 2. The maximum absolute atomic E-state index is 15.9. The molecule has 1 fully saturated rings. The Balaban J connectivity index is 1.36. The summed E-state index contributed by atoms with van der Waals surface area (Å²) in [6, 6.07) is 4.75. The van der Waals surface area contributed by atoms with E-state index in [1.165, 1.54) is 12.1 Å². The smallest absolute Gasteiger partial charge is 0.410 e. The molecule has 0 saturated carbocycles. The Morgan fingerprint density at radius 1 is 1.15 bits per heavy atom. The average Bonchev–Trinajstić information content (AvgIpc) is 3.48. The normalized spacial score (nSPS) is 18.1. The lowest BCUT2D eigenvalue weighted by Crippen LogP contribution is -2.39. The molecule has 1 atom stereocenters. The molecule has 9 nitrogen and oxygen atoms in total. The predicted molar refractivity (Wildman–Crippen MR) is 152 cm³/mol. The lowest BCUT2D eigenvalue weighted by Gasteiger charge is -2.29. The summed E-state index contributed by atoms with van der Waals surface area (Å²) >= 11 is 0. The number of halogens is 2. The molecule has 1 unspecified atom stereocenters. The summed E-state index contributed by atoms with van der Waals surface area (Å²) in [5, 5.41) is 8.18. The van der Waals surface area contributed by atoms with Crippen LogP contribution in [0.1, 0.15) is 63.9 Å². The molecule has 216 valence electrons. The number of nitrogens with zero attached hydrogens (tertiary/aromatic N) is 5. The standard InChI is InChI=1S/C30H34F2N6O3/c1-18-16-37-17-21(15-23(32)28(37)33-18)34-27-26-22(31)13-20(14-24(26)38(35-27)25-7-5-6-12-40-25)19-8-10-36(11-9-19)29(39)41-30(2,3)4/h8,13-17,25H,5-7,9-12H2,1-4H3,(H,34,35). The number of fused-ring (bicyclic) bond motifs is 2. The van der Waals surface area contributed by atoms with E-state index in [2.05, 4.69) is 10.3 Å². The van der Waals surface area contributed by atoms with E-state index < -0.39 is 17.2 Å². The van der Waals surface area contributed by atoms with Crippen LogP contribution in [0.25, 0.3) is 22.1 Å². The molecule has 1 aromatic carbocycles. The maximum Gasteiger partial charge on any atom is 0.410 e. The molecule has 2 aliphatic rings. The van der Waals surface area contributed by atoms with Gasteiger partial charge in [-0.25, -0.2) is 23.2 Å². The van der Waals surface area contributed by atoms with Crippen LogP contribution in [0.5, 0.6) is 0 Å². The molecule has 1 amide bonds. The van der Waals surface area contributed by atoms with Crippen LogP contribution in [0.4, 0.5) is 25.1 Å². The number of benzene rings is 1. The Bertz CT molecular complexity index is 1660. The highest BCUT2D eigenvalue weighted by Gasteiger charge is 2.27. The van der Waals surface area contributed by atoms with Crippen LogP contribution in [-0.2, 0) is 9.47 Å². The number of anilines is 2. The van der Waals surface area contributed by atoms with Crippen molar-refractivity contribution in [3.8, 4) is 0 Å². The minimum Gasteiger partial charge on any atom is -0.444 e. The zero-order valence-corrected chi connectivity index (χ0v) is 23.7. The van der Waals surface area contributed by atoms with Crippen LogP contribution in [0.15, 0.2) is 36.7 Å². The first-order valence-electron chi connectivity index (χ1n) is 14.0. The number of hydrogen-bond acceptors (Lipinski definition) is 6. The molecule has 2 aliphatic heterocycles. The van der Waals surface area contributed by atoms with Crippen molar-refractivity contribution in [3.63, 3.8) is 0 Å². The zero-order valence-electron chi connectivity index (χ0n) is 23.7. The van der Waals surface area contributed by atoms with Gasteiger partial charge in [0.1, 0.15) is 11.4 Å². The number of amides is 1. The number of carbonyl (C=O) groups excluding carboxylic acids is 1. The average molecular weight is 565 g/mol. The van der Waals surface area contributed by atoms with E-state index in [9.17, 15) is 9.18 Å². The van der Waals surface area contributed by atoms with Gasteiger partial charge in [-0.3, -0.25) is 0 Å². The fourth-order valence-electron chi connectivity index (χ4n) is 5.44. The Labute approximate surface area is 236 Å². The van der Waals surface area contributed by atoms with Gasteiger partial charge in [-0.2, -0.15) is 5.10 Å². The van der Waals surface area contributed by atoms with E-state index >= 15 is 4.39 Å². The van der Waals surface area contributed by atoms with Crippen LogP contribution in [0.2, 0.25) is 0 Å². The summed E-state index contributed by atoms with van der Waals surface area (Å²) < 4.78 is 45.6. The molecule has 4 aromatic rings. The third-order valence-corrected chi connectivity index (χ3v) is 7.31. The van der Waals surface area contributed by atoms with Gasteiger partial charge >= 0.3 is 6.09 Å². The quantitative estimate of drug-likeness (QED) is 0.296. The zero-order chi connectivity index (χ0) is 28.9. The highest BCUT2D eigenvalue weighted by Crippen LogP contribution is 2.36. The number of nitrogens with one attached hydrogen (secondary N) is 1. The molecule has 41 heavy (non-hydrogen) atoms. The minimum absolute atomic E-state index is 0.223. The monoisotopic (exact) mass is 564 g/mol. The van der Waals surface area contributed by atoms with Gasteiger partial charge in [0.05, 0.1) is 22.3 Å². The van der Waals surface area contributed by atoms with E-state index in [-0.39, 0.29) is 23.8 Å². The van der Waals surface area contributed by atoms with Gasteiger partial charge in [-0.05, 0) is 76.6 Å². The van der Waals surface area contributed by atoms with Gasteiger partial charge in [0.15, 0.2) is 23.5 Å². The summed E-state index contributed by atoms with van der Waals surface area (Å²) in [6.45, 7) is 8.76. The van der Waals surface area contributed by atoms with Gasteiger partial charge in [-0.1, -0.05) is 6.08 Å². The van der Waals surface area contributed by atoms with Crippen LogP contribution in [0.3, 0.4) is 0 Å². The molecule has 6 rings (SSSR count). The van der Waals surface area contributed by atoms with E-state index in [1.54, 1.807) is 33.3 Å². The highest BCUT2D eigenvalue weighted by molar-refractivity contribution is 5.94. The number of aryl methyl sites for hydroxylation is 1. The van der Waals surface area contributed by atoms with Crippen LogP contribution in [-0.4, -0.2) is 55.5 Å². The summed E-state index contributed by atoms with van der Waals surface area (Å²) in [5.41, 5.74) is 3.02. The van der Waals surface area contributed by atoms with E-state index in [0.29, 0.717) is 48.4 Å². The summed E-state index contributed by atoms with van der Waals surface area (Å²) in [4.78, 5) is 18.4. The fourth-order valence-corrected chi connectivity index (χ4v) is 5.44. The first-order chi connectivity index (χ1) is 19.6. The van der Waals surface area contributed by atoms with E-state index in [4.69, 9.17) is 14.6 Å². The number of aromatic nitrogens is 4. The van der Waals surface area contributed by atoms with Crippen molar-refractivity contribution in [2.45, 2.75) is 65.2 Å². The van der Waals surface area contributed by atoms with Crippen molar-refractivity contribution in [3.05, 3.63) is 59.6 Å². The Morgan fingerprint density at radius 2 is 1.98 bits per heavy atom. The number of hydrogen-bond donors (Lipinski definition) is 1. The summed E-state index contributed by atoms with van der Waals surface area (Å²) in [5.74, 6) is -0.657. The molecule has 1 saturated heterocycles. The molecule has 1 N–H and O–H groups in total. The largest absolute Gasteiger partial charge is 0.444 e. The molecule has 0 radical (unpaired) electrons. The van der Waals surface area contributed by atoms with Crippen LogP contribution < -0.4 is 5.32 Å². The molecule has 0 aliphatic carbocycles. The van der Waals surface area contributed by atoms with Crippen molar-refractivity contribution in [1.82, 2.24) is 24.1 Å². The van der Waals surface area contributed by atoms with Crippen molar-refractivity contribution >= 4 is 39.7 Å². The Hall–Kier alpha value is -3.99. The number of rotatable bonds is 4. The predicted octanol–water partition coefficient (Wildman–Crippen LogP) is 6.74. The SMILES string of the molecule is Cc1cn2cc(Nc3nn(C4CCCCO4)c4cc(C5=CCN(C(=O)OC(C)(C)C)CC5)cc(F)c34)cc(F)c2n1. The maximum atomic E-state index is 15.9. The number of carbonyl (C=O) groups is 1. The Kier molecular flexibility index (Phi) is 6.93. The molecular weight excluding hydrogens is 530 g/mol. The second kappa shape index (κ2) is 10.4. The second-order valence-corrected chi connectivity index (χ2v) is 11.7. The molecule has 3 aromatic heterocycles. The minimum atomic E-state index is -0.574. The van der Waals surface area contributed by atoms with Gasteiger partial charge < -0.3 is 24.1 Å². The van der Waals surface area contributed by atoms with Crippen molar-refractivity contribution in [1.29, 1.82) is 0 Å². The number of imidazole rings is 1. The van der Waals surface area contributed by atoms with Gasteiger partial charge in [0.25, 0.3) is 0 Å². The van der Waals surface area contributed by atoms with E-state index in [0.717, 1.165) is 30.4 Å². The van der Waals surface area contributed by atoms with Crippen LogP contribution in [0, 0.1) is 18.6 Å². The Morgan fingerprint density at radius 3 is 2.68 bits per heavy atom. The van der Waals surface area contributed by atoms with Gasteiger partial charge in [0.2, 0.25) is 0 Å². The second-order valence-electron chi connectivity index (χ2n) is 11.7. The topological polar surface area (TPSA) is 85.9 Å². The summed E-state index contributed by atoms with van der Waals surface area (Å²) in [7, 11) is 0. The molecule has 0 spiro atoms. The van der Waals surface area contributed by atoms with Crippen molar-refractivity contribution in [2.24, 2.45) is 0 Å². The molecule has 0 bridgehead atoms. The lowest BCUT2D eigenvalue weighted by atomic mass is 9.98. The molecule has 11 heteroatoms. The molecular formula is C30H34F2N6O3. The third-order valence-electron chi connectivity index (χ3n) is 7.31. The van der Waals surface area contributed by atoms with Gasteiger partial charge in [-0.15, -0.1) is 0 Å². The first kappa shape index (κ1) is 27.2. The van der Waals surface area contributed by atoms with Crippen LogP contribution >= 0.6 is 0 Å². The molecule has 5 heterocycles. The highest BCUT2D eigenvalue weighted by atomic mass is 19.1. The number of pyridine rings is 1. The summed E-state index contributed by atoms with van der Waals surface area (Å²) in [6.07, 6.45) is 7.93. The van der Waals surface area contributed by atoms with E-state index in [1.807, 2.05) is 32.9 Å². The van der Waals surface area contributed by atoms with Crippen molar-refractivity contribution in [2.75, 3.05) is 25.0 Å². The third kappa shape index (κ3) is 5.50.